The molecule has 2 amide bonds. The smallest absolute Gasteiger partial charge is 0.409 e. The van der Waals surface area contributed by atoms with Gasteiger partial charge >= 0.3 is 6.09 Å². The second-order valence-corrected chi connectivity index (χ2v) is 5.67. The molecule has 2 rings (SSSR count). The van der Waals surface area contributed by atoms with Gasteiger partial charge in [-0.05, 0) is 26.0 Å². The van der Waals surface area contributed by atoms with Gasteiger partial charge in [0.1, 0.15) is 5.75 Å². The van der Waals surface area contributed by atoms with Crippen LogP contribution < -0.4 is 10.1 Å². The molecule has 7 nitrogen and oxygen atoms in total. The topological polar surface area (TPSA) is 71.1 Å². The Morgan fingerprint density at radius 2 is 1.72 bits per heavy atom. The highest BCUT2D eigenvalue weighted by Crippen LogP contribution is 2.23. The monoisotopic (exact) mass is 349 g/mol. The van der Waals surface area contributed by atoms with Gasteiger partial charge in [0.15, 0.2) is 0 Å². The highest BCUT2D eigenvalue weighted by molar-refractivity contribution is 5.77. The molecule has 7 heteroatoms. The minimum absolute atomic E-state index is 0.0879. The average molecular weight is 349 g/mol. The van der Waals surface area contributed by atoms with Crippen LogP contribution in [0.5, 0.6) is 5.75 Å². The van der Waals surface area contributed by atoms with Crippen LogP contribution in [0, 0.1) is 0 Å². The lowest BCUT2D eigenvalue weighted by atomic mass is 10.2. The molecule has 25 heavy (non-hydrogen) atoms. The van der Waals surface area contributed by atoms with Crippen LogP contribution in [0.2, 0.25) is 0 Å². The molecule has 0 spiro atoms. The number of rotatable bonds is 7. The summed E-state index contributed by atoms with van der Waals surface area (Å²) in [5, 5.41) is 3.25. The molecule has 0 unspecified atom stereocenters. The highest BCUT2D eigenvalue weighted by Gasteiger charge is 2.24. The zero-order valence-electron chi connectivity index (χ0n) is 15.0. The van der Waals surface area contributed by atoms with E-state index in [1.54, 1.807) is 16.7 Å². The second kappa shape index (κ2) is 9.76. The largest absolute Gasteiger partial charge is 0.492 e. The average Bonchev–Trinajstić information content (AvgIpc) is 2.63. The van der Waals surface area contributed by atoms with Crippen molar-refractivity contribution in [1.29, 1.82) is 0 Å². The van der Waals surface area contributed by atoms with E-state index in [0.717, 1.165) is 11.4 Å². The van der Waals surface area contributed by atoms with Crippen molar-refractivity contribution >= 4 is 17.7 Å². The van der Waals surface area contributed by atoms with Crippen LogP contribution in [-0.2, 0) is 9.53 Å². The summed E-state index contributed by atoms with van der Waals surface area (Å²) >= 11 is 0. The molecule has 0 radical (unpaired) electrons. The molecule has 0 aliphatic carbocycles. The third kappa shape index (κ3) is 5.55. The number of carbonyl (C=O) groups excluding carboxylic acids is 2. The lowest BCUT2D eigenvalue weighted by Gasteiger charge is -2.34. The van der Waals surface area contributed by atoms with Gasteiger partial charge in [0.25, 0.3) is 0 Å². The summed E-state index contributed by atoms with van der Waals surface area (Å²) in [5.41, 5.74) is 0.893. The number of anilines is 1. The molecule has 1 aromatic carbocycles. The Hall–Kier alpha value is -2.44. The molecule has 1 fully saturated rings. The Bertz CT molecular complexity index is 571. The number of ether oxygens (including phenoxy) is 2. The lowest BCUT2D eigenvalue weighted by Crippen LogP contribution is -2.50. The van der Waals surface area contributed by atoms with Gasteiger partial charge in [-0.15, -0.1) is 0 Å². The van der Waals surface area contributed by atoms with Gasteiger partial charge < -0.3 is 24.6 Å². The molecule has 0 bridgehead atoms. The first-order valence-electron chi connectivity index (χ1n) is 8.80. The fourth-order valence-electron chi connectivity index (χ4n) is 2.71. The Kier molecular flexibility index (Phi) is 7.37. The van der Waals surface area contributed by atoms with Gasteiger partial charge in [0, 0.05) is 39.1 Å². The lowest BCUT2D eigenvalue weighted by molar-refractivity contribution is -0.132. The molecule has 1 aromatic rings. The Morgan fingerprint density at radius 1 is 1.04 bits per heavy atom. The summed E-state index contributed by atoms with van der Waals surface area (Å²) in [6, 6.07) is 7.70. The number of hydrogen-bond acceptors (Lipinski definition) is 5. The van der Waals surface area contributed by atoms with Crippen LogP contribution in [0.1, 0.15) is 20.3 Å². The summed E-state index contributed by atoms with van der Waals surface area (Å²) in [6.07, 6.45) is 0.101. The normalized spacial score (nSPS) is 14.2. The minimum atomic E-state index is -0.302. The molecular formula is C18H27N3O4. The van der Waals surface area contributed by atoms with Crippen LogP contribution in [0.4, 0.5) is 10.5 Å². The van der Waals surface area contributed by atoms with Crippen LogP contribution in [0.15, 0.2) is 24.3 Å². The summed E-state index contributed by atoms with van der Waals surface area (Å²) < 4.78 is 10.5. The number of para-hydroxylation sites is 2. The molecule has 0 saturated carbocycles. The van der Waals surface area contributed by atoms with E-state index in [1.165, 1.54) is 0 Å². The van der Waals surface area contributed by atoms with Crippen molar-refractivity contribution in [3.63, 3.8) is 0 Å². The maximum absolute atomic E-state index is 12.3. The van der Waals surface area contributed by atoms with Gasteiger partial charge in [-0.3, -0.25) is 4.79 Å². The van der Waals surface area contributed by atoms with Gasteiger partial charge in [-0.2, -0.15) is 0 Å². The Balaban J connectivity index is 1.74. The van der Waals surface area contributed by atoms with Crippen molar-refractivity contribution in [2.75, 3.05) is 51.3 Å². The molecule has 1 aliphatic rings. The molecule has 1 heterocycles. The zero-order chi connectivity index (χ0) is 18.1. The third-order valence-electron chi connectivity index (χ3n) is 4.00. The predicted molar refractivity (Wildman–Crippen MR) is 95.9 cm³/mol. The fourth-order valence-corrected chi connectivity index (χ4v) is 2.71. The predicted octanol–water partition coefficient (Wildman–Crippen LogP) is 2.19. The van der Waals surface area contributed by atoms with Gasteiger partial charge in [0.05, 0.1) is 18.9 Å². The number of piperazine rings is 1. The minimum Gasteiger partial charge on any atom is -0.492 e. The van der Waals surface area contributed by atoms with Crippen molar-refractivity contribution < 1.29 is 19.1 Å². The molecule has 1 aliphatic heterocycles. The van der Waals surface area contributed by atoms with E-state index < -0.39 is 0 Å². The number of amides is 2. The van der Waals surface area contributed by atoms with E-state index in [0.29, 0.717) is 52.4 Å². The van der Waals surface area contributed by atoms with Crippen LogP contribution in [-0.4, -0.2) is 67.7 Å². The van der Waals surface area contributed by atoms with Crippen LogP contribution in [0.25, 0.3) is 0 Å². The summed E-state index contributed by atoms with van der Waals surface area (Å²) in [5.74, 6) is 0.880. The number of carbonyl (C=O) groups is 2. The SMILES string of the molecule is CCOC(=O)N1CCN(C(=O)CCNc2ccccc2OCC)CC1. The quantitative estimate of drug-likeness (QED) is 0.817. The molecule has 1 N–H and O–H groups in total. The molecule has 1 saturated heterocycles. The maximum Gasteiger partial charge on any atom is 0.409 e. The number of nitrogens with one attached hydrogen (secondary N) is 1. The molecule has 0 aromatic heterocycles. The number of nitrogens with zero attached hydrogens (tertiary/aromatic N) is 2. The van der Waals surface area contributed by atoms with Gasteiger partial charge in [-0.25, -0.2) is 4.79 Å². The van der Waals surface area contributed by atoms with Gasteiger partial charge in [0.2, 0.25) is 5.91 Å². The van der Waals surface area contributed by atoms with Crippen molar-refractivity contribution in [3.8, 4) is 5.75 Å². The molecule has 0 atom stereocenters. The molecular weight excluding hydrogens is 322 g/mol. The third-order valence-corrected chi connectivity index (χ3v) is 4.00. The van der Waals surface area contributed by atoms with E-state index in [4.69, 9.17) is 9.47 Å². The second-order valence-electron chi connectivity index (χ2n) is 5.67. The maximum atomic E-state index is 12.3. The van der Waals surface area contributed by atoms with Crippen molar-refractivity contribution in [2.24, 2.45) is 0 Å². The van der Waals surface area contributed by atoms with Crippen LogP contribution in [0.3, 0.4) is 0 Å². The van der Waals surface area contributed by atoms with Crippen LogP contribution >= 0.6 is 0 Å². The Labute approximate surface area is 148 Å². The molecule has 138 valence electrons. The number of hydrogen-bond donors (Lipinski definition) is 1. The highest BCUT2D eigenvalue weighted by atomic mass is 16.6. The summed E-state index contributed by atoms with van der Waals surface area (Å²) in [4.78, 5) is 27.4. The number of benzene rings is 1. The first kappa shape index (κ1) is 18.9. The summed E-state index contributed by atoms with van der Waals surface area (Å²) in [6.45, 7) is 7.37. The Morgan fingerprint density at radius 3 is 2.40 bits per heavy atom. The fraction of sp³-hybridized carbons (Fsp3) is 0.556. The van der Waals surface area contributed by atoms with E-state index in [9.17, 15) is 9.59 Å². The van der Waals surface area contributed by atoms with E-state index in [1.807, 2.05) is 31.2 Å². The van der Waals surface area contributed by atoms with Crippen molar-refractivity contribution in [1.82, 2.24) is 9.80 Å². The summed E-state index contributed by atoms with van der Waals surface area (Å²) in [7, 11) is 0. The van der Waals surface area contributed by atoms with Gasteiger partial charge in [-0.1, -0.05) is 12.1 Å². The van der Waals surface area contributed by atoms with Crippen molar-refractivity contribution in [2.45, 2.75) is 20.3 Å². The standard InChI is InChI=1S/C18H27N3O4/c1-3-24-16-8-6-5-7-15(16)19-10-9-17(22)20-11-13-21(14-12-20)18(23)25-4-2/h5-8,19H,3-4,9-14H2,1-2H3. The van der Waals surface area contributed by atoms with Crippen molar-refractivity contribution in [3.05, 3.63) is 24.3 Å². The zero-order valence-corrected chi connectivity index (χ0v) is 15.0. The van der Waals surface area contributed by atoms with E-state index in [-0.39, 0.29) is 12.0 Å². The van der Waals surface area contributed by atoms with E-state index >= 15 is 0 Å². The first-order valence-corrected chi connectivity index (χ1v) is 8.80. The first-order chi connectivity index (χ1) is 12.2. The van der Waals surface area contributed by atoms with E-state index in [2.05, 4.69) is 5.32 Å².